The van der Waals surface area contributed by atoms with Crippen molar-refractivity contribution in [2.45, 2.75) is 282 Å². The molecule has 8 aliphatic rings. The molecule has 6 nitrogen and oxygen atoms in total. The number of hydrogen-bond donors (Lipinski definition) is 4. The fourth-order valence-electron chi connectivity index (χ4n) is 18.8. The van der Waals surface area contributed by atoms with E-state index in [1.165, 1.54) is 56.9 Å². The standard InChI is InChI=1S/C35H54O4S.C29H50O2.4CH4/c1-23(30(21-31(36)32(2,3)4)40(38,39)25-11-9-8-10-12-25)27-15-16-28-26-14-13-24-22-33(5,37)19-20-34(24,6)29(26)17-18-35(27,28)7;1-19(8-13-25(30)26(2,3)4)22-11-12-23-21-10-9-20-18-27(5,31)16-17-28(20,6)24(21)14-15-29(22,23)7;;;;/h8-13,23,26-31,36-37H,14-22H2,1-7H3;9,19,21-25,30-31H,8,10-18H2,1-7H3;4*1H4/t23-,26-,27+,28-,29-,30?,31?,33-,34-,35+;19-,21+,22-,23+,24+,25?,27+,28+,29-;;;;/m01..../s1. The molecule has 434 valence electrons. The van der Waals surface area contributed by atoms with Gasteiger partial charge in [0.2, 0.25) is 0 Å². The van der Waals surface area contributed by atoms with Crippen LogP contribution in [-0.2, 0) is 9.84 Å². The van der Waals surface area contributed by atoms with Crippen molar-refractivity contribution in [3.05, 3.63) is 53.6 Å². The van der Waals surface area contributed by atoms with Gasteiger partial charge in [-0.2, -0.15) is 0 Å². The molecule has 6 saturated carbocycles. The Balaban J connectivity index is 0.000000317. The topological polar surface area (TPSA) is 115 Å². The van der Waals surface area contributed by atoms with Gasteiger partial charge in [-0.3, -0.25) is 0 Å². The summed E-state index contributed by atoms with van der Waals surface area (Å²) in [6.45, 7) is 31.3. The molecular weight excluding hydrogens is 945 g/mol. The predicted molar refractivity (Wildman–Crippen MR) is 319 cm³/mol. The zero-order valence-corrected chi connectivity index (χ0v) is 48.3. The highest BCUT2D eigenvalue weighted by Crippen LogP contribution is 2.70. The van der Waals surface area contributed by atoms with E-state index in [0.717, 1.165) is 87.9 Å². The van der Waals surface area contributed by atoms with Gasteiger partial charge in [0.25, 0.3) is 0 Å². The molecule has 8 aliphatic carbocycles. The van der Waals surface area contributed by atoms with Crippen LogP contribution in [0.2, 0.25) is 0 Å². The van der Waals surface area contributed by atoms with Gasteiger partial charge < -0.3 is 20.4 Å². The highest BCUT2D eigenvalue weighted by atomic mass is 32.2. The lowest BCUT2D eigenvalue weighted by Crippen LogP contribution is -2.52. The van der Waals surface area contributed by atoms with E-state index >= 15 is 0 Å². The van der Waals surface area contributed by atoms with Crippen molar-refractivity contribution in [2.24, 2.45) is 91.7 Å². The van der Waals surface area contributed by atoms with Gasteiger partial charge in [-0.05, 0) is 240 Å². The number of rotatable bonds is 10. The molecule has 0 radical (unpaired) electrons. The Kier molecular flexibility index (Phi) is 20.4. The van der Waals surface area contributed by atoms with Crippen LogP contribution in [0.3, 0.4) is 0 Å². The lowest BCUT2D eigenvalue weighted by Gasteiger charge is -2.59. The minimum atomic E-state index is -3.61. The molecule has 0 saturated heterocycles. The molecule has 4 N–H and O–H groups in total. The molecule has 0 amide bonds. The lowest BCUT2D eigenvalue weighted by molar-refractivity contribution is -0.0712. The molecule has 0 aromatic heterocycles. The van der Waals surface area contributed by atoms with E-state index in [-0.39, 0.29) is 69.8 Å². The maximum Gasteiger partial charge on any atom is 0.181 e. The van der Waals surface area contributed by atoms with Gasteiger partial charge >= 0.3 is 0 Å². The van der Waals surface area contributed by atoms with E-state index in [1.54, 1.807) is 29.8 Å². The van der Waals surface area contributed by atoms with E-state index in [1.807, 2.05) is 40.7 Å². The highest BCUT2D eigenvalue weighted by molar-refractivity contribution is 7.92. The number of fused-ring (bicyclic) bond motifs is 10. The Hall–Kier alpha value is -1.51. The first-order valence-corrected chi connectivity index (χ1v) is 30.8. The molecule has 19 atom stereocenters. The molecule has 1 aromatic rings. The summed E-state index contributed by atoms with van der Waals surface area (Å²) in [6, 6.07) is 8.91. The summed E-state index contributed by atoms with van der Waals surface area (Å²) in [5, 5.41) is 42.7. The first-order valence-electron chi connectivity index (χ1n) is 29.3. The largest absolute Gasteiger partial charge is 0.393 e. The van der Waals surface area contributed by atoms with Gasteiger partial charge in [-0.25, -0.2) is 8.42 Å². The third-order valence-corrected chi connectivity index (χ3v) is 26.0. The summed E-state index contributed by atoms with van der Waals surface area (Å²) in [5.41, 5.74) is 2.71. The molecular formula is C68H120O6S. The second-order valence-corrected chi connectivity index (χ2v) is 32.3. The summed E-state index contributed by atoms with van der Waals surface area (Å²) in [4.78, 5) is 0.377. The maximum absolute atomic E-state index is 14.2. The maximum atomic E-state index is 14.2. The quantitative estimate of drug-likeness (QED) is 0.174. The first kappa shape index (κ1) is 66.0. The smallest absolute Gasteiger partial charge is 0.181 e. The summed E-state index contributed by atoms with van der Waals surface area (Å²) >= 11 is 0. The van der Waals surface area contributed by atoms with Crippen molar-refractivity contribution < 1.29 is 28.8 Å². The van der Waals surface area contributed by atoms with Gasteiger partial charge in [0.05, 0.1) is 33.6 Å². The molecule has 0 aliphatic heterocycles. The van der Waals surface area contributed by atoms with Crippen LogP contribution in [0.25, 0.3) is 0 Å². The average molecular weight is 1070 g/mol. The third-order valence-electron chi connectivity index (χ3n) is 23.6. The average Bonchev–Trinajstić information content (AvgIpc) is 3.84. The minimum absolute atomic E-state index is 0. The molecule has 9 rings (SSSR count). The van der Waals surface area contributed by atoms with E-state index < -0.39 is 32.4 Å². The molecule has 7 heteroatoms. The van der Waals surface area contributed by atoms with Gasteiger partial charge in [0.15, 0.2) is 9.84 Å². The summed E-state index contributed by atoms with van der Waals surface area (Å²) in [6.07, 6.45) is 24.8. The van der Waals surface area contributed by atoms with Crippen molar-refractivity contribution >= 4 is 9.84 Å². The predicted octanol–water partition coefficient (Wildman–Crippen LogP) is 17.3. The van der Waals surface area contributed by atoms with Crippen molar-refractivity contribution in [1.82, 2.24) is 0 Å². The Bertz CT molecular complexity index is 2210. The second kappa shape index (κ2) is 23.2. The van der Waals surface area contributed by atoms with Crippen LogP contribution in [0, 0.1) is 91.7 Å². The number of aliphatic hydroxyl groups excluding tert-OH is 2. The van der Waals surface area contributed by atoms with Crippen molar-refractivity contribution in [1.29, 1.82) is 0 Å². The molecule has 1 aromatic carbocycles. The van der Waals surface area contributed by atoms with Crippen LogP contribution in [0.4, 0.5) is 0 Å². The minimum Gasteiger partial charge on any atom is -0.393 e. The Morgan fingerprint density at radius 2 is 0.987 bits per heavy atom. The number of aliphatic hydroxyl groups is 4. The first-order chi connectivity index (χ1) is 32.8. The Morgan fingerprint density at radius 1 is 0.560 bits per heavy atom. The van der Waals surface area contributed by atoms with Crippen molar-refractivity contribution in [2.75, 3.05) is 0 Å². The molecule has 0 spiro atoms. The van der Waals surface area contributed by atoms with Gasteiger partial charge in [-0.1, -0.05) is 154 Å². The second-order valence-electron chi connectivity index (χ2n) is 30.1. The number of hydrogen-bond acceptors (Lipinski definition) is 6. The Morgan fingerprint density at radius 3 is 1.43 bits per heavy atom. The van der Waals surface area contributed by atoms with Gasteiger partial charge in [0, 0.05) is 0 Å². The van der Waals surface area contributed by atoms with Gasteiger partial charge in [-0.15, -0.1) is 0 Å². The fourth-order valence-corrected chi connectivity index (χ4v) is 20.9. The van der Waals surface area contributed by atoms with E-state index in [2.05, 4.69) is 74.5 Å². The monoisotopic (exact) mass is 1060 g/mol. The normalized spacial score (nSPS) is 40.9. The van der Waals surface area contributed by atoms with Crippen LogP contribution in [0.1, 0.15) is 249 Å². The molecule has 3 unspecified atom stereocenters. The van der Waals surface area contributed by atoms with Crippen LogP contribution >= 0.6 is 0 Å². The summed E-state index contributed by atoms with van der Waals surface area (Å²) in [5.74, 6) is 6.22. The van der Waals surface area contributed by atoms with Crippen LogP contribution in [0.15, 0.2) is 58.5 Å². The number of allylic oxidation sites excluding steroid dienone is 2. The molecule has 6 fully saturated rings. The van der Waals surface area contributed by atoms with Crippen molar-refractivity contribution in [3.63, 3.8) is 0 Å². The van der Waals surface area contributed by atoms with Crippen LogP contribution in [0.5, 0.6) is 0 Å². The lowest BCUT2D eigenvalue weighted by atomic mass is 9.46. The molecule has 75 heavy (non-hydrogen) atoms. The third kappa shape index (κ3) is 12.2. The zero-order valence-electron chi connectivity index (χ0n) is 47.5. The van der Waals surface area contributed by atoms with Crippen LogP contribution < -0.4 is 0 Å². The Labute approximate surface area is 463 Å². The number of benzene rings is 1. The molecule has 0 heterocycles. The van der Waals surface area contributed by atoms with Gasteiger partial charge in [0.1, 0.15) is 0 Å². The van der Waals surface area contributed by atoms with Crippen LogP contribution in [-0.4, -0.2) is 57.5 Å². The van der Waals surface area contributed by atoms with Crippen molar-refractivity contribution in [3.8, 4) is 0 Å². The molecule has 0 bridgehead atoms. The van der Waals surface area contributed by atoms with E-state index in [0.29, 0.717) is 45.3 Å². The fraction of sp³-hybridized carbons (Fsp3) is 0.853. The zero-order chi connectivity index (χ0) is 52.1. The van der Waals surface area contributed by atoms with E-state index in [4.69, 9.17) is 0 Å². The SMILES string of the molecule is C.C.C.C.C[C@H](C(CC(O)C(C)(C)C)S(=O)(=O)c1ccccc1)[C@H]1CC[C@H]2[C@@H]3CC=C4C[C@@](C)(O)CC[C@]4(C)[C@H]3CC[C@]12C.C[C@H](CCC(O)C(C)(C)C)[C@H]1CC[C@H]2[C@@H]3CC=C4C[C@@](C)(O)CC[C@]4(C)[C@H]3CC[C@]12C. The number of sulfone groups is 1. The summed E-state index contributed by atoms with van der Waals surface area (Å²) < 4.78 is 28.4. The summed E-state index contributed by atoms with van der Waals surface area (Å²) in [7, 11) is -3.61. The van der Waals surface area contributed by atoms with E-state index in [9.17, 15) is 28.8 Å². The highest BCUT2D eigenvalue weighted by Gasteiger charge is 2.62.